The first kappa shape index (κ1) is 14.6. The van der Waals surface area contributed by atoms with Gasteiger partial charge in [0.25, 0.3) is 0 Å². The Morgan fingerprint density at radius 2 is 1.71 bits per heavy atom. The lowest BCUT2D eigenvalue weighted by Gasteiger charge is -2.08. The van der Waals surface area contributed by atoms with E-state index in [-0.39, 0.29) is 0 Å². The summed E-state index contributed by atoms with van der Waals surface area (Å²) < 4.78 is 1.88. The highest BCUT2D eigenvalue weighted by molar-refractivity contribution is 9.08. The van der Waals surface area contributed by atoms with Crippen LogP contribution in [0.25, 0.3) is 16.9 Å². The second kappa shape index (κ2) is 6.22. The Hall–Kier alpha value is -1.29. The molecule has 21 heavy (non-hydrogen) atoms. The van der Waals surface area contributed by atoms with Gasteiger partial charge in [-0.3, -0.25) is 0 Å². The Morgan fingerprint density at radius 3 is 2.38 bits per heavy atom. The number of nitrogens with zero attached hydrogens (tertiary/aromatic N) is 2. The van der Waals surface area contributed by atoms with E-state index in [9.17, 15) is 0 Å². The molecule has 0 saturated carbocycles. The first-order valence-corrected chi connectivity index (χ1v) is 8.22. The third-order valence-electron chi connectivity index (χ3n) is 3.11. The van der Waals surface area contributed by atoms with Gasteiger partial charge < -0.3 is 0 Å². The minimum Gasteiger partial charge on any atom is -0.233 e. The van der Waals surface area contributed by atoms with Crippen molar-refractivity contribution in [2.24, 2.45) is 0 Å². The van der Waals surface area contributed by atoms with Crippen LogP contribution in [0, 0.1) is 0 Å². The van der Waals surface area contributed by atoms with E-state index in [0.717, 1.165) is 22.6 Å². The first-order valence-electron chi connectivity index (χ1n) is 6.35. The maximum absolute atomic E-state index is 6.12. The SMILES string of the molecule is Clc1ccc(-n2nc(CBr)cc2-c2ccccc2)cc1Cl. The summed E-state index contributed by atoms with van der Waals surface area (Å²) in [4.78, 5) is 0. The monoisotopic (exact) mass is 380 g/mol. The normalized spacial score (nSPS) is 10.8. The van der Waals surface area contributed by atoms with Crippen molar-refractivity contribution >= 4 is 39.1 Å². The lowest BCUT2D eigenvalue weighted by Crippen LogP contribution is -1.99. The van der Waals surface area contributed by atoms with E-state index in [2.05, 4.69) is 39.2 Å². The summed E-state index contributed by atoms with van der Waals surface area (Å²) in [6.07, 6.45) is 0. The van der Waals surface area contributed by atoms with Crippen molar-refractivity contribution in [3.05, 3.63) is 70.3 Å². The van der Waals surface area contributed by atoms with Gasteiger partial charge in [0.1, 0.15) is 0 Å². The number of benzene rings is 2. The summed E-state index contributed by atoms with van der Waals surface area (Å²) in [5.74, 6) is 0. The molecule has 2 nitrogen and oxygen atoms in total. The van der Waals surface area contributed by atoms with E-state index in [1.165, 1.54) is 0 Å². The van der Waals surface area contributed by atoms with Gasteiger partial charge in [-0.1, -0.05) is 69.5 Å². The fourth-order valence-electron chi connectivity index (χ4n) is 2.12. The zero-order chi connectivity index (χ0) is 14.8. The molecule has 0 fully saturated rings. The predicted molar refractivity (Wildman–Crippen MR) is 91.7 cm³/mol. The Balaban J connectivity index is 2.17. The fraction of sp³-hybridized carbons (Fsp3) is 0.0625. The Bertz CT molecular complexity index is 769. The first-order chi connectivity index (χ1) is 10.2. The molecule has 3 rings (SSSR count). The molecule has 0 saturated heterocycles. The summed E-state index contributed by atoms with van der Waals surface area (Å²) in [5.41, 5.74) is 3.96. The molecule has 0 N–H and O–H groups in total. The van der Waals surface area contributed by atoms with Crippen LogP contribution in [0.4, 0.5) is 0 Å². The van der Waals surface area contributed by atoms with Crippen molar-refractivity contribution in [2.45, 2.75) is 5.33 Å². The van der Waals surface area contributed by atoms with Gasteiger partial charge in [0, 0.05) is 10.9 Å². The molecule has 106 valence electrons. The molecule has 0 aliphatic rings. The van der Waals surface area contributed by atoms with Crippen molar-refractivity contribution in [3.63, 3.8) is 0 Å². The minimum absolute atomic E-state index is 0.518. The van der Waals surface area contributed by atoms with E-state index in [1.54, 1.807) is 6.07 Å². The zero-order valence-corrected chi connectivity index (χ0v) is 14.0. The minimum atomic E-state index is 0.518. The van der Waals surface area contributed by atoms with Crippen molar-refractivity contribution in [3.8, 4) is 16.9 Å². The van der Waals surface area contributed by atoms with E-state index in [1.807, 2.05) is 35.0 Å². The van der Waals surface area contributed by atoms with Crippen LogP contribution in [0.1, 0.15) is 5.69 Å². The molecule has 0 amide bonds. The molecule has 0 unspecified atom stereocenters. The van der Waals surface area contributed by atoms with Crippen LogP contribution in [0.2, 0.25) is 10.0 Å². The van der Waals surface area contributed by atoms with E-state index < -0.39 is 0 Å². The Kier molecular flexibility index (Phi) is 4.34. The van der Waals surface area contributed by atoms with Gasteiger partial charge >= 0.3 is 0 Å². The van der Waals surface area contributed by atoms with Crippen molar-refractivity contribution in [1.29, 1.82) is 0 Å². The molecule has 0 bridgehead atoms. The highest BCUT2D eigenvalue weighted by Crippen LogP contribution is 2.28. The summed E-state index contributed by atoms with van der Waals surface area (Å²) in [6, 6.07) is 17.7. The Labute approximate surface area is 141 Å². The largest absolute Gasteiger partial charge is 0.233 e. The summed E-state index contributed by atoms with van der Waals surface area (Å²) in [5, 5.41) is 6.36. The van der Waals surface area contributed by atoms with Crippen LogP contribution in [0.5, 0.6) is 0 Å². The summed E-state index contributed by atoms with van der Waals surface area (Å²) in [6.45, 7) is 0. The number of alkyl halides is 1. The highest BCUT2D eigenvalue weighted by atomic mass is 79.9. The molecule has 0 aliphatic heterocycles. The van der Waals surface area contributed by atoms with E-state index in [0.29, 0.717) is 15.4 Å². The zero-order valence-electron chi connectivity index (χ0n) is 10.9. The van der Waals surface area contributed by atoms with E-state index in [4.69, 9.17) is 23.2 Å². The maximum atomic E-state index is 6.12. The van der Waals surface area contributed by atoms with Gasteiger partial charge in [-0.2, -0.15) is 5.10 Å². The van der Waals surface area contributed by atoms with Crippen molar-refractivity contribution < 1.29 is 0 Å². The van der Waals surface area contributed by atoms with Gasteiger partial charge in [-0.25, -0.2) is 4.68 Å². The van der Waals surface area contributed by atoms with Crippen molar-refractivity contribution in [2.75, 3.05) is 0 Å². The lowest BCUT2D eigenvalue weighted by molar-refractivity contribution is 0.867. The molecule has 3 aromatic rings. The molecule has 0 aliphatic carbocycles. The molecule has 0 spiro atoms. The molecule has 1 aromatic heterocycles. The predicted octanol–water partition coefficient (Wildman–Crippen LogP) is 5.74. The van der Waals surface area contributed by atoms with Crippen LogP contribution in [-0.2, 0) is 5.33 Å². The van der Waals surface area contributed by atoms with Crippen LogP contribution < -0.4 is 0 Å². The number of rotatable bonds is 3. The van der Waals surface area contributed by atoms with Gasteiger partial charge in [0.15, 0.2) is 0 Å². The maximum Gasteiger partial charge on any atom is 0.0744 e. The van der Waals surface area contributed by atoms with Crippen LogP contribution >= 0.6 is 39.1 Å². The molecule has 5 heteroatoms. The highest BCUT2D eigenvalue weighted by Gasteiger charge is 2.12. The van der Waals surface area contributed by atoms with E-state index >= 15 is 0 Å². The number of hydrogen-bond acceptors (Lipinski definition) is 1. The number of halogens is 3. The topological polar surface area (TPSA) is 17.8 Å². The van der Waals surface area contributed by atoms with Crippen LogP contribution in [0.15, 0.2) is 54.6 Å². The lowest BCUT2D eigenvalue weighted by atomic mass is 10.1. The number of hydrogen-bond donors (Lipinski definition) is 0. The van der Waals surface area contributed by atoms with Crippen LogP contribution in [-0.4, -0.2) is 9.78 Å². The third kappa shape index (κ3) is 3.00. The molecular formula is C16H11BrCl2N2. The quantitative estimate of drug-likeness (QED) is 0.529. The third-order valence-corrected chi connectivity index (χ3v) is 4.43. The van der Waals surface area contributed by atoms with Gasteiger partial charge in [-0.15, -0.1) is 0 Å². The average Bonchev–Trinajstić information content (AvgIpc) is 2.95. The van der Waals surface area contributed by atoms with Gasteiger partial charge in [0.2, 0.25) is 0 Å². The molecule has 1 heterocycles. The second-order valence-corrected chi connectivity index (χ2v) is 5.91. The number of aromatic nitrogens is 2. The molecule has 0 atom stereocenters. The molecule has 0 radical (unpaired) electrons. The van der Waals surface area contributed by atoms with Gasteiger partial charge in [0.05, 0.1) is 27.1 Å². The summed E-state index contributed by atoms with van der Waals surface area (Å²) >= 11 is 15.6. The molecule has 2 aromatic carbocycles. The fourth-order valence-corrected chi connectivity index (χ4v) is 2.69. The average molecular weight is 382 g/mol. The Morgan fingerprint density at radius 1 is 0.952 bits per heavy atom. The second-order valence-electron chi connectivity index (χ2n) is 4.53. The smallest absolute Gasteiger partial charge is 0.0744 e. The summed E-state index contributed by atoms with van der Waals surface area (Å²) in [7, 11) is 0. The molecular weight excluding hydrogens is 371 g/mol. The van der Waals surface area contributed by atoms with Crippen LogP contribution in [0.3, 0.4) is 0 Å². The van der Waals surface area contributed by atoms with Crippen molar-refractivity contribution in [1.82, 2.24) is 9.78 Å². The van der Waals surface area contributed by atoms with Gasteiger partial charge in [-0.05, 0) is 24.3 Å². The standard InChI is InChI=1S/C16H11BrCl2N2/c17-10-12-8-16(11-4-2-1-3-5-11)21(20-12)13-6-7-14(18)15(19)9-13/h1-9H,10H2.